The van der Waals surface area contributed by atoms with Gasteiger partial charge in [-0.05, 0) is 43.4 Å². The topological polar surface area (TPSA) is 25.2 Å². The molecule has 0 saturated heterocycles. The number of hydrogen-bond acceptors (Lipinski definition) is 2. The highest BCUT2D eigenvalue weighted by Gasteiger charge is 2.22. The summed E-state index contributed by atoms with van der Waals surface area (Å²) in [6.07, 6.45) is 3.45. The van der Waals surface area contributed by atoms with Crippen LogP contribution in [-0.2, 0) is 13.0 Å². The van der Waals surface area contributed by atoms with Gasteiger partial charge in [0.15, 0.2) is 0 Å². The summed E-state index contributed by atoms with van der Waals surface area (Å²) in [6.45, 7) is 5.11. The maximum absolute atomic E-state index is 13.4. The molecule has 1 aliphatic rings. The Balaban J connectivity index is 1.97. The Kier molecular flexibility index (Phi) is 3.31. The molecule has 19 heavy (non-hydrogen) atoms. The molecule has 3 rings (SSSR count). The van der Waals surface area contributed by atoms with Crippen LogP contribution in [0.3, 0.4) is 0 Å². The van der Waals surface area contributed by atoms with Crippen LogP contribution >= 0.6 is 0 Å². The first-order chi connectivity index (χ1) is 9.13. The molecule has 1 aromatic heterocycles. The number of halogens is 1. The molecule has 0 atom stereocenters. The normalized spacial score (nSPS) is 15.6. The molecule has 0 bridgehead atoms. The van der Waals surface area contributed by atoms with Crippen LogP contribution < -0.4 is 5.32 Å². The Morgan fingerprint density at radius 2 is 2.16 bits per heavy atom. The van der Waals surface area contributed by atoms with E-state index in [-0.39, 0.29) is 5.82 Å². The summed E-state index contributed by atoms with van der Waals surface area (Å²) in [4.78, 5) is 0. The van der Waals surface area contributed by atoms with Crippen LogP contribution in [0, 0.1) is 11.7 Å². The molecule has 1 heterocycles. The second kappa shape index (κ2) is 4.97. The first kappa shape index (κ1) is 12.7. The van der Waals surface area contributed by atoms with Crippen molar-refractivity contribution in [3.63, 3.8) is 0 Å². The maximum atomic E-state index is 13.4. The Morgan fingerprint density at radius 3 is 2.84 bits per heavy atom. The first-order valence-corrected chi connectivity index (χ1v) is 7.06. The van der Waals surface area contributed by atoms with Gasteiger partial charge in [0.05, 0.1) is 6.54 Å². The van der Waals surface area contributed by atoms with E-state index in [0.29, 0.717) is 12.0 Å². The summed E-state index contributed by atoms with van der Waals surface area (Å²) >= 11 is 0. The van der Waals surface area contributed by atoms with Gasteiger partial charge in [-0.1, -0.05) is 13.8 Å². The van der Waals surface area contributed by atoms with Gasteiger partial charge in [-0.3, -0.25) is 0 Å². The highest BCUT2D eigenvalue weighted by atomic mass is 19.1. The van der Waals surface area contributed by atoms with Crippen molar-refractivity contribution in [2.45, 2.75) is 45.7 Å². The van der Waals surface area contributed by atoms with Crippen LogP contribution in [-0.4, -0.2) is 6.04 Å². The van der Waals surface area contributed by atoms with E-state index >= 15 is 0 Å². The molecule has 2 nitrogen and oxygen atoms in total. The predicted molar refractivity (Wildman–Crippen MR) is 74.6 cm³/mol. The lowest BCUT2D eigenvalue weighted by molar-refractivity contribution is 0.499. The number of nitrogens with one attached hydrogen (secondary N) is 1. The van der Waals surface area contributed by atoms with Crippen LogP contribution in [0.5, 0.6) is 0 Å². The molecule has 1 aromatic carbocycles. The second-order valence-electron chi connectivity index (χ2n) is 5.90. The molecule has 1 aliphatic carbocycles. The molecule has 0 amide bonds. The number of hydrogen-bond donors (Lipinski definition) is 1. The molecule has 0 radical (unpaired) electrons. The number of fused-ring (bicyclic) bond motifs is 1. The lowest BCUT2D eigenvalue weighted by atomic mass is 9.99. The van der Waals surface area contributed by atoms with Gasteiger partial charge < -0.3 is 9.73 Å². The van der Waals surface area contributed by atoms with E-state index in [1.165, 1.54) is 18.9 Å². The van der Waals surface area contributed by atoms with Crippen molar-refractivity contribution in [2.75, 3.05) is 0 Å². The largest absolute Gasteiger partial charge is 0.459 e. The zero-order chi connectivity index (χ0) is 13.4. The van der Waals surface area contributed by atoms with Crippen molar-refractivity contribution in [1.29, 1.82) is 0 Å². The maximum Gasteiger partial charge on any atom is 0.134 e. The van der Waals surface area contributed by atoms with Crippen LogP contribution in [0.4, 0.5) is 4.39 Å². The Hall–Kier alpha value is -1.35. The predicted octanol–water partition coefficient (Wildman–Crippen LogP) is 4.02. The van der Waals surface area contributed by atoms with Crippen molar-refractivity contribution < 1.29 is 8.81 Å². The average Bonchev–Trinajstić information content (AvgIpc) is 3.12. The van der Waals surface area contributed by atoms with Gasteiger partial charge >= 0.3 is 0 Å². The molecule has 1 saturated carbocycles. The van der Waals surface area contributed by atoms with Gasteiger partial charge in [0, 0.05) is 17.0 Å². The highest BCUT2D eigenvalue weighted by Crippen LogP contribution is 2.30. The first-order valence-electron chi connectivity index (χ1n) is 7.06. The fraction of sp³-hybridized carbons (Fsp3) is 0.500. The third kappa shape index (κ3) is 2.81. The van der Waals surface area contributed by atoms with Crippen LogP contribution in [0.1, 0.15) is 38.0 Å². The molecular weight excluding hydrogens is 241 g/mol. The number of rotatable bonds is 5. The van der Waals surface area contributed by atoms with Gasteiger partial charge in [-0.15, -0.1) is 0 Å². The second-order valence-corrected chi connectivity index (χ2v) is 5.90. The summed E-state index contributed by atoms with van der Waals surface area (Å²) in [5.41, 5.74) is 1.96. The van der Waals surface area contributed by atoms with Crippen molar-refractivity contribution in [1.82, 2.24) is 5.32 Å². The van der Waals surface area contributed by atoms with E-state index in [9.17, 15) is 4.39 Å². The Labute approximate surface area is 113 Å². The quantitative estimate of drug-likeness (QED) is 0.879. The monoisotopic (exact) mass is 261 g/mol. The van der Waals surface area contributed by atoms with Crippen molar-refractivity contribution in [3.05, 3.63) is 35.3 Å². The molecule has 0 spiro atoms. The fourth-order valence-corrected chi connectivity index (χ4v) is 2.47. The van der Waals surface area contributed by atoms with E-state index in [1.807, 2.05) is 0 Å². The zero-order valence-electron chi connectivity index (χ0n) is 11.5. The Bertz CT molecular complexity index is 584. The minimum atomic E-state index is -0.194. The van der Waals surface area contributed by atoms with Crippen LogP contribution in [0.15, 0.2) is 22.6 Å². The third-order valence-electron chi connectivity index (χ3n) is 3.58. The molecule has 3 heteroatoms. The standard InChI is InChI=1S/C16H20FNO/c1-10(2)7-13-14-8-11(17)3-6-15(14)19-16(13)9-18-12-4-5-12/h3,6,8,10,12,18H,4-5,7,9H2,1-2H3. The summed E-state index contributed by atoms with van der Waals surface area (Å²) in [6, 6.07) is 5.44. The number of furan rings is 1. The van der Waals surface area contributed by atoms with Crippen molar-refractivity contribution in [3.8, 4) is 0 Å². The van der Waals surface area contributed by atoms with Crippen LogP contribution in [0.25, 0.3) is 11.0 Å². The van der Waals surface area contributed by atoms with E-state index < -0.39 is 0 Å². The van der Waals surface area contributed by atoms with E-state index in [2.05, 4.69) is 19.2 Å². The minimum absolute atomic E-state index is 0.194. The number of benzene rings is 1. The summed E-state index contributed by atoms with van der Waals surface area (Å²) in [5, 5.41) is 4.41. The molecule has 102 valence electrons. The third-order valence-corrected chi connectivity index (χ3v) is 3.58. The van der Waals surface area contributed by atoms with E-state index in [0.717, 1.165) is 35.3 Å². The van der Waals surface area contributed by atoms with Crippen LogP contribution in [0.2, 0.25) is 0 Å². The van der Waals surface area contributed by atoms with Crippen molar-refractivity contribution >= 4 is 11.0 Å². The Morgan fingerprint density at radius 1 is 1.37 bits per heavy atom. The van der Waals surface area contributed by atoms with E-state index in [4.69, 9.17) is 4.42 Å². The molecule has 1 fully saturated rings. The zero-order valence-corrected chi connectivity index (χ0v) is 11.5. The van der Waals surface area contributed by atoms with Gasteiger partial charge in [0.2, 0.25) is 0 Å². The lowest BCUT2D eigenvalue weighted by Gasteiger charge is -2.06. The summed E-state index contributed by atoms with van der Waals surface area (Å²) in [7, 11) is 0. The fourth-order valence-electron chi connectivity index (χ4n) is 2.47. The smallest absolute Gasteiger partial charge is 0.134 e. The highest BCUT2D eigenvalue weighted by molar-refractivity contribution is 5.82. The van der Waals surface area contributed by atoms with Gasteiger partial charge in [-0.2, -0.15) is 0 Å². The summed E-state index contributed by atoms with van der Waals surface area (Å²) < 4.78 is 19.3. The molecular formula is C16H20FNO. The summed E-state index contributed by atoms with van der Waals surface area (Å²) in [5.74, 6) is 1.31. The van der Waals surface area contributed by atoms with Gasteiger partial charge in [0.1, 0.15) is 17.2 Å². The SMILES string of the molecule is CC(C)Cc1c(CNC2CC2)oc2ccc(F)cc12. The van der Waals surface area contributed by atoms with Gasteiger partial charge in [0.25, 0.3) is 0 Å². The molecule has 0 aliphatic heterocycles. The van der Waals surface area contributed by atoms with Crippen molar-refractivity contribution in [2.24, 2.45) is 5.92 Å². The minimum Gasteiger partial charge on any atom is -0.459 e. The molecule has 2 aromatic rings. The lowest BCUT2D eigenvalue weighted by Crippen LogP contribution is -2.16. The molecule has 1 N–H and O–H groups in total. The molecule has 0 unspecified atom stereocenters. The average molecular weight is 261 g/mol. The van der Waals surface area contributed by atoms with Gasteiger partial charge in [-0.25, -0.2) is 4.39 Å². The van der Waals surface area contributed by atoms with E-state index in [1.54, 1.807) is 12.1 Å².